The first kappa shape index (κ1) is 25.6. The number of aryl methyl sites for hydroxylation is 2. The third-order valence-electron chi connectivity index (χ3n) is 6.50. The molecule has 1 aliphatic rings. The number of aromatic nitrogens is 2. The minimum atomic E-state index is -5.00. The van der Waals surface area contributed by atoms with Gasteiger partial charge in [-0.1, -0.05) is 5.16 Å². The van der Waals surface area contributed by atoms with E-state index in [1.807, 2.05) is 0 Å². The fourth-order valence-electron chi connectivity index (χ4n) is 5.20. The van der Waals surface area contributed by atoms with Crippen molar-refractivity contribution in [3.63, 3.8) is 0 Å². The Hall–Kier alpha value is -4.06. The molecule has 2 N–H and O–H groups in total. The summed E-state index contributed by atoms with van der Waals surface area (Å²) in [5, 5.41) is 14.6. The highest BCUT2D eigenvalue weighted by Crippen LogP contribution is 2.39. The first-order chi connectivity index (χ1) is 17.8. The number of carboxylic acid groups (broad SMARTS) is 1. The maximum atomic E-state index is 13.8. The number of aromatic carboxylic acids is 1. The summed E-state index contributed by atoms with van der Waals surface area (Å²) in [6, 6.07) is 5.26. The zero-order chi connectivity index (χ0) is 27.5. The molecular formula is C26H24F3N3O6. The number of fused-ring (bicyclic) bond motifs is 3. The number of nitrogens with zero attached hydrogens (tertiary/aromatic N) is 2. The molecule has 200 valence electrons. The molecule has 1 amide bonds. The highest BCUT2D eigenvalue weighted by Gasteiger charge is 2.34. The predicted octanol–water partition coefficient (Wildman–Crippen LogP) is 5.44. The molecule has 0 bridgehead atoms. The van der Waals surface area contributed by atoms with Gasteiger partial charge in [-0.25, -0.2) is 4.79 Å². The zero-order valence-corrected chi connectivity index (χ0v) is 20.9. The van der Waals surface area contributed by atoms with Crippen molar-refractivity contribution in [1.82, 2.24) is 15.0 Å². The van der Waals surface area contributed by atoms with E-state index in [0.717, 1.165) is 12.1 Å². The average Bonchev–Trinajstić information content (AvgIpc) is 3.34. The standard InChI is InChI=1S/C26H24F3N3O6/c1-11-9-32(10-12(2)36-11)24(33)18-7-16(37-26(27,28)29)8-20-22(18)17-5-15(21-13(3)31-38-14(21)4)6-19(25(34)35)23(17)30-20/h5-8,11-12,30H,9-10H2,1-4H3,(H,34,35)/t11-,12+. The van der Waals surface area contributed by atoms with Crippen LogP contribution < -0.4 is 4.74 Å². The van der Waals surface area contributed by atoms with Gasteiger partial charge in [0.05, 0.1) is 40.1 Å². The molecule has 0 saturated carbocycles. The molecule has 5 rings (SSSR count). The third kappa shape index (κ3) is 4.55. The number of hydrogen-bond acceptors (Lipinski definition) is 6. The molecule has 1 saturated heterocycles. The first-order valence-corrected chi connectivity index (χ1v) is 11.8. The Kier molecular flexibility index (Phi) is 6.09. The number of aromatic amines is 1. The molecule has 12 heteroatoms. The highest BCUT2D eigenvalue weighted by molar-refractivity contribution is 6.21. The van der Waals surface area contributed by atoms with Gasteiger partial charge < -0.3 is 29.0 Å². The summed E-state index contributed by atoms with van der Waals surface area (Å²) in [4.78, 5) is 30.5. The van der Waals surface area contributed by atoms with Crippen molar-refractivity contribution < 1.29 is 41.9 Å². The van der Waals surface area contributed by atoms with E-state index in [0.29, 0.717) is 28.0 Å². The van der Waals surface area contributed by atoms with Gasteiger partial charge >= 0.3 is 12.3 Å². The summed E-state index contributed by atoms with van der Waals surface area (Å²) >= 11 is 0. The van der Waals surface area contributed by atoms with E-state index in [-0.39, 0.29) is 52.8 Å². The molecule has 38 heavy (non-hydrogen) atoms. The Labute approximate surface area is 214 Å². The van der Waals surface area contributed by atoms with Crippen LogP contribution in [-0.2, 0) is 4.74 Å². The topological polar surface area (TPSA) is 118 Å². The van der Waals surface area contributed by atoms with Gasteiger partial charge in [-0.2, -0.15) is 0 Å². The molecule has 2 aromatic heterocycles. The van der Waals surface area contributed by atoms with Gasteiger partial charge in [0.25, 0.3) is 5.91 Å². The van der Waals surface area contributed by atoms with Crippen LogP contribution in [0.2, 0.25) is 0 Å². The number of carbonyl (C=O) groups is 2. The van der Waals surface area contributed by atoms with Crippen molar-refractivity contribution >= 4 is 33.7 Å². The lowest BCUT2D eigenvalue weighted by atomic mass is 9.96. The summed E-state index contributed by atoms with van der Waals surface area (Å²) in [6.07, 6.45) is -5.55. The predicted molar refractivity (Wildman–Crippen MR) is 130 cm³/mol. The van der Waals surface area contributed by atoms with E-state index in [2.05, 4.69) is 14.9 Å². The minimum Gasteiger partial charge on any atom is -0.478 e. The molecule has 1 aliphatic heterocycles. The number of halogens is 3. The Balaban J connectivity index is 1.81. The summed E-state index contributed by atoms with van der Waals surface area (Å²) in [5.74, 6) is -1.92. The number of benzene rings is 2. The summed E-state index contributed by atoms with van der Waals surface area (Å²) in [6.45, 7) is 7.48. The smallest absolute Gasteiger partial charge is 0.478 e. The molecule has 2 atom stereocenters. The van der Waals surface area contributed by atoms with Crippen molar-refractivity contribution in [3.8, 4) is 16.9 Å². The maximum absolute atomic E-state index is 13.8. The quantitative estimate of drug-likeness (QED) is 0.360. The molecule has 4 aromatic rings. The van der Waals surface area contributed by atoms with Crippen molar-refractivity contribution in [2.24, 2.45) is 0 Å². The summed E-state index contributed by atoms with van der Waals surface area (Å²) < 4.78 is 54.6. The average molecular weight is 531 g/mol. The lowest BCUT2D eigenvalue weighted by molar-refractivity contribution is -0.274. The van der Waals surface area contributed by atoms with E-state index in [1.54, 1.807) is 33.8 Å². The van der Waals surface area contributed by atoms with Crippen LogP contribution >= 0.6 is 0 Å². The molecule has 0 radical (unpaired) electrons. The van der Waals surface area contributed by atoms with Crippen molar-refractivity contribution in [1.29, 1.82) is 0 Å². The molecule has 0 unspecified atom stereocenters. The first-order valence-electron chi connectivity index (χ1n) is 11.8. The van der Waals surface area contributed by atoms with Crippen LogP contribution in [0.3, 0.4) is 0 Å². The number of nitrogens with one attached hydrogen (secondary N) is 1. The number of ether oxygens (including phenoxy) is 2. The molecule has 0 spiro atoms. The Morgan fingerprint density at radius 2 is 1.79 bits per heavy atom. The molecule has 9 nitrogen and oxygen atoms in total. The number of amides is 1. The Morgan fingerprint density at radius 3 is 2.37 bits per heavy atom. The zero-order valence-electron chi connectivity index (χ0n) is 20.9. The van der Waals surface area contributed by atoms with Gasteiger partial charge in [-0.15, -0.1) is 13.2 Å². The van der Waals surface area contributed by atoms with Gasteiger partial charge in [0.1, 0.15) is 11.5 Å². The van der Waals surface area contributed by atoms with Crippen LogP contribution in [0.1, 0.15) is 46.0 Å². The van der Waals surface area contributed by atoms with Crippen molar-refractivity contribution in [2.75, 3.05) is 13.1 Å². The number of hydrogen-bond donors (Lipinski definition) is 2. The number of carboxylic acids is 1. The van der Waals surface area contributed by atoms with E-state index in [4.69, 9.17) is 9.26 Å². The third-order valence-corrected chi connectivity index (χ3v) is 6.50. The fourth-order valence-corrected chi connectivity index (χ4v) is 5.20. The second-order valence-electron chi connectivity index (χ2n) is 9.48. The normalized spacial score (nSPS) is 18.3. The van der Waals surface area contributed by atoms with Gasteiger partial charge in [-0.3, -0.25) is 4.79 Å². The maximum Gasteiger partial charge on any atom is 0.573 e. The summed E-state index contributed by atoms with van der Waals surface area (Å²) in [5.41, 5.74) is 1.70. The number of H-pyrrole nitrogens is 1. The lowest BCUT2D eigenvalue weighted by Gasteiger charge is -2.35. The Bertz CT molecular complexity index is 1560. The van der Waals surface area contributed by atoms with Crippen molar-refractivity contribution in [3.05, 3.63) is 46.8 Å². The molecule has 3 heterocycles. The number of alkyl halides is 3. The SMILES string of the molecule is Cc1noc(C)c1-c1cc(C(=O)O)c2[nH]c3cc(OC(F)(F)F)cc(C(=O)N4C[C@@H](C)O[C@@H](C)C4)c3c2c1. The second-order valence-corrected chi connectivity index (χ2v) is 9.48. The van der Waals surface area contributed by atoms with E-state index in [9.17, 15) is 27.9 Å². The van der Waals surface area contributed by atoms with Crippen molar-refractivity contribution in [2.45, 2.75) is 46.3 Å². The molecular weight excluding hydrogens is 507 g/mol. The van der Waals surface area contributed by atoms with Crippen LogP contribution in [0.5, 0.6) is 5.75 Å². The number of morpholine rings is 1. The minimum absolute atomic E-state index is 0.0541. The van der Waals surface area contributed by atoms with Gasteiger partial charge in [0.2, 0.25) is 0 Å². The van der Waals surface area contributed by atoms with Gasteiger partial charge in [0, 0.05) is 35.5 Å². The fraction of sp³-hybridized carbons (Fsp3) is 0.346. The number of rotatable bonds is 4. The van der Waals surface area contributed by atoms with E-state index < -0.39 is 24.0 Å². The summed E-state index contributed by atoms with van der Waals surface area (Å²) in [7, 11) is 0. The second kappa shape index (κ2) is 9.05. The highest BCUT2D eigenvalue weighted by atomic mass is 19.4. The monoisotopic (exact) mass is 531 g/mol. The van der Waals surface area contributed by atoms with Crippen LogP contribution in [0.15, 0.2) is 28.8 Å². The van der Waals surface area contributed by atoms with E-state index in [1.165, 1.54) is 11.0 Å². The van der Waals surface area contributed by atoms with Gasteiger partial charge in [-0.05, 0) is 51.5 Å². The van der Waals surface area contributed by atoms with Crippen LogP contribution in [0.25, 0.3) is 32.9 Å². The number of carbonyl (C=O) groups excluding carboxylic acids is 1. The van der Waals surface area contributed by atoms with Crippen LogP contribution in [0.4, 0.5) is 13.2 Å². The van der Waals surface area contributed by atoms with Crippen LogP contribution in [0, 0.1) is 13.8 Å². The lowest BCUT2D eigenvalue weighted by Crippen LogP contribution is -2.48. The molecule has 1 fully saturated rings. The molecule has 2 aromatic carbocycles. The van der Waals surface area contributed by atoms with Crippen LogP contribution in [-0.4, -0.2) is 63.7 Å². The van der Waals surface area contributed by atoms with E-state index >= 15 is 0 Å². The van der Waals surface area contributed by atoms with Gasteiger partial charge in [0.15, 0.2) is 0 Å². The molecule has 0 aliphatic carbocycles. The Morgan fingerprint density at radius 1 is 1.11 bits per heavy atom. The largest absolute Gasteiger partial charge is 0.573 e.